The number of hydrogen-bond acceptors (Lipinski definition) is 6. The van der Waals surface area contributed by atoms with Crippen LogP contribution in [0.3, 0.4) is 0 Å². The molecule has 2 aromatic heterocycles. The van der Waals surface area contributed by atoms with Gasteiger partial charge in [0.05, 0.1) is 0 Å². The molecule has 0 spiro atoms. The van der Waals surface area contributed by atoms with E-state index >= 15 is 0 Å². The summed E-state index contributed by atoms with van der Waals surface area (Å²) < 4.78 is 2.42. The molecular formula is C23H28N7+. The first-order valence-electron chi connectivity index (χ1n) is 10.2. The molecule has 0 saturated carbocycles. The Kier molecular flexibility index (Phi) is 5.44. The van der Waals surface area contributed by atoms with E-state index < -0.39 is 0 Å². The number of aryl methyl sites for hydroxylation is 3. The number of benzene rings is 2. The van der Waals surface area contributed by atoms with Gasteiger partial charge in [-0.1, -0.05) is 0 Å². The topological polar surface area (TPSA) is 61.9 Å². The molecule has 0 radical (unpaired) electrons. The van der Waals surface area contributed by atoms with Crippen LogP contribution in [0, 0.1) is 6.92 Å². The van der Waals surface area contributed by atoms with Crippen LogP contribution in [0.25, 0.3) is 21.8 Å². The average molecular weight is 403 g/mol. The maximum absolute atomic E-state index is 4.16. The second-order valence-electron chi connectivity index (χ2n) is 8.04. The maximum atomic E-state index is 4.16. The van der Waals surface area contributed by atoms with Gasteiger partial charge in [-0.15, -0.1) is 20.4 Å². The Bertz CT molecular complexity index is 1120. The Labute approximate surface area is 177 Å². The highest BCUT2D eigenvalue weighted by Gasteiger charge is 2.18. The molecule has 0 aliphatic rings. The fraction of sp³-hybridized carbons (Fsp3) is 0.348. The molecule has 154 valence electrons. The Balaban J connectivity index is 1.79. The summed E-state index contributed by atoms with van der Waals surface area (Å²) in [5.74, 6) is 1.29. The van der Waals surface area contributed by atoms with Gasteiger partial charge >= 0.3 is 0 Å². The van der Waals surface area contributed by atoms with Crippen molar-refractivity contribution in [1.82, 2.24) is 20.4 Å². The van der Waals surface area contributed by atoms with Gasteiger partial charge in [0.15, 0.2) is 11.6 Å². The third-order valence-electron chi connectivity index (χ3n) is 5.36. The first-order chi connectivity index (χ1) is 14.4. The number of pyridine rings is 1. The van der Waals surface area contributed by atoms with E-state index in [2.05, 4.69) is 105 Å². The van der Waals surface area contributed by atoms with Crippen LogP contribution in [0.1, 0.15) is 18.1 Å². The van der Waals surface area contributed by atoms with Crippen molar-refractivity contribution < 1.29 is 4.57 Å². The molecule has 0 unspecified atom stereocenters. The minimum atomic E-state index is 0.598. The molecule has 0 saturated heterocycles. The normalized spacial score (nSPS) is 11.2. The quantitative estimate of drug-likeness (QED) is 0.365. The van der Waals surface area contributed by atoms with E-state index in [1.807, 2.05) is 0 Å². The van der Waals surface area contributed by atoms with Crippen LogP contribution in [0.4, 0.5) is 11.4 Å². The second-order valence-corrected chi connectivity index (χ2v) is 8.04. The van der Waals surface area contributed by atoms with Gasteiger partial charge < -0.3 is 9.80 Å². The van der Waals surface area contributed by atoms with E-state index in [-0.39, 0.29) is 0 Å². The SMILES string of the molecule is Cc1nnc(CCC[n+]2c3cc(N(C)C)ccc3cc3ccc(N(C)C)cc32)nn1. The number of nitrogens with zero attached hydrogens (tertiary/aromatic N) is 7. The second kappa shape index (κ2) is 8.18. The summed E-state index contributed by atoms with van der Waals surface area (Å²) >= 11 is 0. The summed E-state index contributed by atoms with van der Waals surface area (Å²) in [6, 6.07) is 15.6. The molecule has 0 aliphatic carbocycles. The Morgan fingerprint density at radius 1 is 0.733 bits per heavy atom. The van der Waals surface area contributed by atoms with Gasteiger partial charge in [0, 0.05) is 75.3 Å². The predicted molar refractivity (Wildman–Crippen MR) is 121 cm³/mol. The van der Waals surface area contributed by atoms with Gasteiger partial charge in [-0.05, 0) is 37.3 Å². The summed E-state index contributed by atoms with van der Waals surface area (Å²) in [5, 5.41) is 18.8. The van der Waals surface area contributed by atoms with Crippen LogP contribution in [-0.2, 0) is 13.0 Å². The first-order valence-corrected chi connectivity index (χ1v) is 10.2. The number of fused-ring (bicyclic) bond motifs is 2. The molecule has 4 aromatic rings. The molecule has 30 heavy (non-hydrogen) atoms. The van der Waals surface area contributed by atoms with Crippen molar-refractivity contribution in [3.05, 3.63) is 54.1 Å². The van der Waals surface area contributed by atoms with Gasteiger partial charge in [0.2, 0.25) is 11.0 Å². The van der Waals surface area contributed by atoms with Crippen molar-refractivity contribution in [2.45, 2.75) is 26.3 Å². The van der Waals surface area contributed by atoms with Gasteiger partial charge in [-0.3, -0.25) is 0 Å². The molecule has 2 heterocycles. The lowest BCUT2D eigenvalue weighted by Gasteiger charge is -2.15. The average Bonchev–Trinajstić information content (AvgIpc) is 2.73. The van der Waals surface area contributed by atoms with Crippen molar-refractivity contribution in [2.75, 3.05) is 38.0 Å². The van der Waals surface area contributed by atoms with Crippen LogP contribution in [0.15, 0.2) is 42.5 Å². The van der Waals surface area contributed by atoms with Gasteiger partial charge in [0.25, 0.3) is 0 Å². The monoisotopic (exact) mass is 402 g/mol. The lowest BCUT2D eigenvalue weighted by Crippen LogP contribution is -2.36. The Hall–Kier alpha value is -3.35. The highest BCUT2D eigenvalue weighted by molar-refractivity contribution is 5.91. The van der Waals surface area contributed by atoms with Crippen LogP contribution in [-0.4, -0.2) is 48.6 Å². The summed E-state index contributed by atoms with van der Waals surface area (Å²) in [4.78, 5) is 4.28. The van der Waals surface area contributed by atoms with Gasteiger partial charge in [-0.2, -0.15) is 4.57 Å². The highest BCUT2D eigenvalue weighted by Crippen LogP contribution is 2.25. The smallest absolute Gasteiger partial charge is 0.215 e. The van der Waals surface area contributed by atoms with E-state index in [1.54, 1.807) is 6.92 Å². The van der Waals surface area contributed by atoms with Gasteiger partial charge in [0.1, 0.15) is 6.54 Å². The molecule has 4 rings (SSSR count). The standard InChI is InChI=1S/C23H28N7/c1-16-24-26-23(27-25-16)7-6-12-30-21-14-19(28(2)3)10-8-17(21)13-18-9-11-20(29(4)5)15-22(18)30/h8-11,13-15H,6-7,12H2,1-5H3/q+1. The van der Waals surface area contributed by atoms with E-state index in [9.17, 15) is 0 Å². The van der Waals surface area contributed by atoms with Gasteiger partial charge in [-0.25, -0.2) is 0 Å². The van der Waals surface area contributed by atoms with Crippen molar-refractivity contribution in [3.63, 3.8) is 0 Å². The van der Waals surface area contributed by atoms with Crippen molar-refractivity contribution >= 4 is 33.2 Å². The third kappa shape index (κ3) is 4.01. The Morgan fingerprint density at radius 2 is 1.27 bits per heavy atom. The molecular weight excluding hydrogens is 374 g/mol. The van der Waals surface area contributed by atoms with E-state index in [0.717, 1.165) is 19.4 Å². The molecule has 0 amide bonds. The largest absolute Gasteiger partial charge is 0.377 e. The summed E-state index contributed by atoms with van der Waals surface area (Å²) in [6.07, 6.45) is 1.65. The molecule has 7 heteroatoms. The Morgan fingerprint density at radius 3 is 1.77 bits per heavy atom. The lowest BCUT2D eigenvalue weighted by molar-refractivity contribution is -0.645. The number of anilines is 2. The van der Waals surface area contributed by atoms with Crippen LogP contribution < -0.4 is 14.4 Å². The minimum absolute atomic E-state index is 0.598. The molecule has 0 N–H and O–H groups in total. The number of hydrogen-bond donors (Lipinski definition) is 0. The fourth-order valence-corrected chi connectivity index (χ4v) is 3.67. The minimum Gasteiger partial charge on any atom is -0.377 e. The van der Waals surface area contributed by atoms with E-state index in [4.69, 9.17) is 0 Å². The number of aromatic nitrogens is 5. The summed E-state index contributed by atoms with van der Waals surface area (Å²) in [6.45, 7) is 2.66. The van der Waals surface area contributed by atoms with Crippen LogP contribution >= 0.6 is 0 Å². The van der Waals surface area contributed by atoms with Crippen LogP contribution in [0.5, 0.6) is 0 Å². The van der Waals surface area contributed by atoms with E-state index in [0.29, 0.717) is 11.6 Å². The first kappa shape index (κ1) is 19.9. The van der Waals surface area contributed by atoms with E-state index in [1.165, 1.54) is 33.2 Å². The lowest BCUT2D eigenvalue weighted by atomic mass is 10.1. The maximum Gasteiger partial charge on any atom is 0.215 e. The van der Waals surface area contributed by atoms with Crippen molar-refractivity contribution in [3.8, 4) is 0 Å². The van der Waals surface area contributed by atoms with Crippen molar-refractivity contribution in [1.29, 1.82) is 0 Å². The molecule has 0 fully saturated rings. The molecule has 2 aromatic carbocycles. The molecule has 0 aliphatic heterocycles. The predicted octanol–water partition coefficient (Wildman–Crippen LogP) is 2.93. The summed E-state index contributed by atoms with van der Waals surface area (Å²) in [5.41, 5.74) is 4.83. The zero-order valence-corrected chi connectivity index (χ0v) is 18.3. The molecule has 7 nitrogen and oxygen atoms in total. The zero-order valence-electron chi connectivity index (χ0n) is 18.3. The fourth-order valence-electron chi connectivity index (χ4n) is 3.67. The number of rotatable bonds is 6. The summed E-state index contributed by atoms with van der Waals surface area (Å²) in [7, 11) is 8.30. The van der Waals surface area contributed by atoms with Crippen LogP contribution in [0.2, 0.25) is 0 Å². The highest BCUT2D eigenvalue weighted by atomic mass is 15.3. The van der Waals surface area contributed by atoms with Crippen molar-refractivity contribution in [2.24, 2.45) is 0 Å². The molecule has 0 atom stereocenters. The molecule has 0 bridgehead atoms. The third-order valence-corrected chi connectivity index (χ3v) is 5.36. The zero-order chi connectivity index (χ0) is 21.3.